The number of hydrogen-bond donors (Lipinski definition) is 2. The van der Waals surface area contributed by atoms with Gasteiger partial charge in [-0.05, 0) is 43.2 Å². The van der Waals surface area contributed by atoms with Gasteiger partial charge in [-0.25, -0.2) is 4.98 Å². The van der Waals surface area contributed by atoms with Crippen LogP contribution in [0.1, 0.15) is 21.5 Å². The lowest BCUT2D eigenvalue weighted by Crippen LogP contribution is -2.15. The Bertz CT molecular complexity index is 641. The largest absolute Gasteiger partial charge is 0.398 e. The number of nitrogens with one attached hydrogen (secondary N) is 1. The number of pyridine rings is 1. The molecule has 0 aliphatic rings. The van der Waals surface area contributed by atoms with Crippen LogP contribution in [0.25, 0.3) is 0 Å². The van der Waals surface area contributed by atoms with Crippen molar-refractivity contribution in [2.24, 2.45) is 0 Å². The number of aryl methyl sites for hydroxylation is 2. The Morgan fingerprint density at radius 3 is 2.68 bits per heavy atom. The van der Waals surface area contributed by atoms with Crippen LogP contribution in [0.3, 0.4) is 0 Å². The fraction of sp³-hybridized carbons (Fsp3) is 0.143. The zero-order valence-corrected chi connectivity index (χ0v) is 11.5. The normalized spacial score (nSPS) is 10.3. The lowest BCUT2D eigenvalue weighted by atomic mass is 10.0. The van der Waals surface area contributed by atoms with E-state index in [1.54, 1.807) is 18.2 Å². The summed E-state index contributed by atoms with van der Waals surface area (Å²) in [5.74, 6) is 0.162. The van der Waals surface area contributed by atoms with Gasteiger partial charge in [-0.2, -0.15) is 0 Å². The van der Waals surface area contributed by atoms with Gasteiger partial charge in [0.25, 0.3) is 5.91 Å². The van der Waals surface area contributed by atoms with E-state index in [2.05, 4.69) is 10.3 Å². The van der Waals surface area contributed by atoms with Crippen molar-refractivity contribution in [2.45, 2.75) is 13.8 Å². The van der Waals surface area contributed by atoms with E-state index in [9.17, 15) is 4.79 Å². The Morgan fingerprint density at radius 2 is 2.00 bits per heavy atom. The van der Waals surface area contributed by atoms with Gasteiger partial charge in [0, 0.05) is 22.5 Å². The summed E-state index contributed by atoms with van der Waals surface area (Å²) in [4.78, 5) is 16.2. The highest BCUT2D eigenvalue weighted by atomic mass is 35.5. The van der Waals surface area contributed by atoms with Crippen molar-refractivity contribution in [3.8, 4) is 0 Å². The summed E-state index contributed by atoms with van der Waals surface area (Å²) in [6, 6.07) is 6.79. The molecule has 5 heteroatoms. The molecule has 1 aromatic heterocycles. The number of anilines is 2. The monoisotopic (exact) mass is 275 g/mol. The first-order valence-corrected chi connectivity index (χ1v) is 6.15. The highest BCUT2D eigenvalue weighted by Crippen LogP contribution is 2.19. The molecule has 0 spiro atoms. The molecule has 1 aromatic carbocycles. The quantitative estimate of drug-likeness (QED) is 0.827. The summed E-state index contributed by atoms with van der Waals surface area (Å²) < 4.78 is 0. The Kier molecular flexibility index (Phi) is 3.71. The third-order valence-electron chi connectivity index (χ3n) is 2.82. The highest BCUT2D eigenvalue weighted by molar-refractivity contribution is 6.30. The molecule has 0 unspecified atom stereocenters. The molecule has 98 valence electrons. The average Bonchev–Trinajstić information content (AvgIpc) is 2.33. The summed E-state index contributed by atoms with van der Waals surface area (Å²) in [5.41, 5.74) is 8.77. The van der Waals surface area contributed by atoms with Crippen LogP contribution in [0.15, 0.2) is 30.5 Å². The van der Waals surface area contributed by atoms with Crippen molar-refractivity contribution in [1.82, 2.24) is 4.98 Å². The molecular weight excluding hydrogens is 262 g/mol. The zero-order valence-electron chi connectivity index (χ0n) is 10.7. The van der Waals surface area contributed by atoms with Crippen molar-refractivity contribution in [2.75, 3.05) is 11.1 Å². The van der Waals surface area contributed by atoms with E-state index in [4.69, 9.17) is 17.3 Å². The SMILES string of the molecule is Cc1cc(C)c(C(=O)Nc2cc(Cl)ccn2)cc1N. The summed E-state index contributed by atoms with van der Waals surface area (Å²) >= 11 is 5.84. The molecule has 2 aromatic rings. The molecule has 0 aliphatic heterocycles. The van der Waals surface area contributed by atoms with Crippen LogP contribution in [0, 0.1) is 13.8 Å². The Hall–Kier alpha value is -2.07. The Labute approximate surface area is 116 Å². The van der Waals surface area contributed by atoms with Gasteiger partial charge >= 0.3 is 0 Å². The minimum atomic E-state index is -0.251. The summed E-state index contributed by atoms with van der Waals surface area (Å²) in [6.45, 7) is 3.77. The number of nitrogens with zero attached hydrogens (tertiary/aromatic N) is 1. The Balaban J connectivity index is 2.28. The first-order valence-electron chi connectivity index (χ1n) is 5.77. The van der Waals surface area contributed by atoms with E-state index in [1.807, 2.05) is 19.9 Å². The van der Waals surface area contributed by atoms with Gasteiger partial charge in [-0.15, -0.1) is 0 Å². The number of amides is 1. The smallest absolute Gasteiger partial charge is 0.257 e. The molecule has 3 N–H and O–H groups in total. The van der Waals surface area contributed by atoms with Crippen molar-refractivity contribution in [1.29, 1.82) is 0 Å². The molecule has 0 atom stereocenters. The second kappa shape index (κ2) is 5.28. The number of carbonyl (C=O) groups is 1. The standard InChI is InChI=1S/C14H14ClN3O/c1-8-5-9(2)12(16)7-11(8)14(19)18-13-6-10(15)3-4-17-13/h3-7H,16H2,1-2H3,(H,17,18,19). The molecule has 19 heavy (non-hydrogen) atoms. The number of carbonyl (C=O) groups excluding carboxylic acids is 1. The van der Waals surface area contributed by atoms with E-state index in [0.29, 0.717) is 22.1 Å². The first kappa shape index (κ1) is 13.4. The number of hydrogen-bond acceptors (Lipinski definition) is 3. The maximum absolute atomic E-state index is 12.2. The number of benzene rings is 1. The van der Waals surface area contributed by atoms with Crippen molar-refractivity contribution < 1.29 is 4.79 Å². The minimum absolute atomic E-state index is 0.251. The van der Waals surface area contributed by atoms with Crippen LogP contribution in [-0.4, -0.2) is 10.9 Å². The van der Waals surface area contributed by atoms with Gasteiger partial charge < -0.3 is 11.1 Å². The van der Waals surface area contributed by atoms with Gasteiger partial charge in [0.05, 0.1) is 0 Å². The fourth-order valence-electron chi connectivity index (χ4n) is 1.77. The lowest BCUT2D eigenvalue weighted by Gasteiger charge is -2.10. The topological polar surface area (TPSA) is 68.0 Å². The lowest BCUT2D eigenvalue weighted by molar-refractivity contribution is 0.102. The van der Waals surface area contributed by atoms with Crippen LogP contribution < -0.4 is 11.1 Å². The predicted octanol–water partition coefficient (Wildman–Crippen LogP) is 3.19. The molecular formula is C14H14ClN3O. The van der Waals surface area contributed by atoms with E-state index in [1.165, 1.54) is 6.20 Å². The summed E-state index contributed by atoms with van der Waals surface area (Å²) in [7, 11) is 0. The van der Waals surface area contributed by atoms with E-state index in [-0.39, 0.29) is 5.91 Å². The van der Waals surface area contributed by atoms with Crippen LogP contribution in [-0.2, 0) is 0 Å². The maximum atomic E-state index is 12.2. The summed E-state index contributed by atoms with van der Waals surface area (Å²) in [5, 5.41) is 3.22. The number of rotatable bonds is 2. The van der Waals surface area contributed by atoms with Crippen molar-refractivity contribution in [3.63, 3.8) is 0 Å². The van der Waals surface area contributed by atoms with E-state index in [0.717, 1.165) is 11.1 Å². The number of nitrogen functional groups attached to an aromatic ring is 1. The average molecular weight is 276 g/mol. The molecule has 0 saturated carbocycles. The van der Waals surface area contributed by atoms with Crippen LogP contribution >= 0.6 is 11.6 Å². The predicted molar refractivity (Wildman–Crippen MR) is 77.5 cm³/mol. The van der Waals surface area contributed by atoms with Crippen molar-refractivity contribution >= 4 is 29.0 Å². The summed E-state index contributed by atoms with van der Waals surface area (Å²) in [6.07, 6.45) is 1.54. The number of aromatic nitrogens is 1. The molecule has 4 nitrogen and oxygen atoms in total. The van der Waals surface area contributed by atoms with Gasteiger partial charge in [0.15, 0.2) is 0 Å². The Morgan fingerprint density at radius 1 is 1.26 bits per heavy atom. The van der Waals surface area contributed by atoms with Gasteiger partial charge in [0.1, 0.15) is 5.82 Å². The third kappa shape index (κ3) is 3.03. The van der Waals surface area contributed by atoms with Crippen LogP contribution in [0.2, 0.25) is 5.02 Å². The maximum Gasteiger partial charge on any atom is 0.257 e. The van der Waals surface area contributed by atoms with Gasteiger partial charge in [0.2, 0.25) is 0 Å². The minimum Gasteiger partial charge on any atom is -0.398 e. The third-order valence-corrected chi connectivity index (χ3v) is 3.06. The second-order valence-electron chi connectivity index (χ2n) is 4.34. The van der Waals surface area contributed by atoms with Crippen molar-refractivity contribution in [3.05, 3.63) is 52.2 Å². The molecule has 1 amide bonds. The molecule has 0 fully saturated rings. The molecule has 0 radical (unpaired) electrons. The van der Waals surface area contributed by atoms with Crippen LogP contribution in [0.4, 0.5) is 11.5 Å². The van der Waals surface area contributed by atoms with Crippen LogP contribution in [0.5, 0.6) is 0 Å². The number of halogens is 1. The molecule has 0 saturated heterocycles. The molecule has 0 bridgehead atoms. The molecule has 1 heterocycles. The van der Waals surface area contributed by atoms with Gasteiger partial charge in [-0.1, -0.05) is 17.7 Å². The highest BCUT2D eigenvalue weighted by Gasteiger charge is 2.11. The number of nitrogens with two attached hydrogens (primary N) is 1. The second-order valence-corrected chi connectivity index (χ2v) is 4.77. The zero-order chi connectivity index (χ0) is 14.0. The van der Waals surface area contributed by atoms with E-state index < -0.39 is 0 Å². The van der Waals surface area contributed by atoms with Gasteiger partial charge in [-0.3, -0.25) is 4.79 Å². The fourth-order valence-corrected chi connectivity index (χ4v) is 1.93. The van der Waals surface area contributed by atoms with E-state index >= 15 is 0 Å². The first-order chi connectivity index (χ1) is 8.97. The molecule has 2 rings (SSSR count). The molecule has 0 aliphatic carbocycles.